The van der Waals surface area contributed by atoms with Gasteiger partial charge in [0, 0.05) is 13.0 Å². The Morgan fingerprint density at radius 1 is 1.50 bits per heavy atom. The van der Waals surface area contributed by atoms with Gasteiger partial charge < -0.3 is 15.4 Å². The summed E-state index contributed by atoms with van der Waals surface area (Å²) in [7, 11) is 0. The molecule has 92 valence electrons. The fraction of sp³-hybridized carbons (Fsp3) is 0.917. The lowest BCUT2D eigenvalue weighted by molar-refractivity contribution is -0.123. The van der Waals surface area contributed by atoms with Crippen molar-refractivity contribution >= 4 is 5.91 Å². The topological polar surface area (TPSA) is 50.4 Å². The first-order chi connectivity index (χ1) is 7.75. The van der Waals surface area contributed by atoms with Crippen molar-refractivity contribution in [2.45, 2.75) is 44.8 Å². The molecule has 0 saturated carbocycles. The SMILES string of the molecule is CC1OCCC1NC(=O)CC1CCCNC1. The fourth-order valence-electron chi connectivity index (χ4n) is 2.55. The summed E-state index contributed by atoms with van der Waals surface area (Å²) in [5.41, 5.74) is 0. The van der Waals surface area contributed by atoms with Crippen molar-refractivity contribution in [1.29, 1.82) is 0 Å². The third-order valence-corrected chi connectivity index (χ3v) is 3.60. The second kappa shape index (κ2) is 5.64. The van der Waals surface area contributed by atoms with E-state index in [4.69, 9.17) is 4.74 Å². The Morgan fingerprint density at radius 2 is 2.38 bits per heavy atom. The first kappa shape index (κ1) is 11.9. The third-order valence-electron chi connectivity index (χ3n) is 3.60. The maximum Gasteiger partial charge on any atom is 0.220 e. The summed E-state index contributed by atoms with van der Waals surface area (Å²) in [5, 5.41) is 6.42. The number of carbonyl (C=O) groups is 1. The summed E-state index contributed by atoms with van der Waals surface area (Å²) in [6, 6.07) is 0.226. The first-order valence-electron chi connectivity index (χ1n) is 6.37. The molecule has 2 saturated heterocycles. The molecule has 2 N–H and O–H groups in total. The highest BCUT2D eigenvalue weighted by Gasteiger charge is 2.26. The van der Waals surface area contributed by atoms with Crippen LogP contribution in [0, 0.1) is 5.92 Å². The number of hydrogen-bond acceptors (Lipinski definition) is 3. The molecule has 0 aliphatic carbocycles. The Bertz CT molecular complexity index is 239. The molecule has 0 aromatic rings. The molecule has 2 rings (SSSR count). The minimum atomic E-state index is 0.174. The van der Waals surface area contributed by atoms with E-state index in [1.165, 1.54) is 12.8 Å². The number of hydrogen-bond donors (Lipinski definition) is 2. The summed E-state index contributed by atoms with van der Waals surface area (Å²) >= 11 is 0. The smallest absolute Gasteiger partial charge is 0.220 e. The van der Waals surface area contributed by atoms with Crippen LogP contribution in [0.15, 0.2) is 0 Å². The van der Waals surface area contributed by atoms with Gasteiger partial charge in [-0.05, 0) is 45.2 Å². The normalized spacial score (nSPS) is 34.9. The van der Waals surface area contributed by atoms with Crippen molar-refractivity contribution in [3.8, 4) is 0 Å². The lowest BCUT2D eigenvalue weighted by Crippen LogP contribution is -2.41. The van der Waals surface area contributed by atoms with Crippen LogP contribution >= 0.6 is 0 Å². The Morgan fingerprint density at radius 3 is 3.00 bits per heavy atom. The van der Waals surface area contributed by atoms with E-state index >= 15 is 0 Å². The van der Waals surface area contributed by atoms with E-state index in [0.29, 0.717) is 12.3 Å². The number of piperidine rings is 1. The minimum Gasteiger partial charge on any atom is -0.376 e. The van der Waals surface area contributed by atoms with E-state index in [1.54, 1.807) is 0 Å². The van der Waals surface area contributed by atoms with E-state index in [0.717, 1.165) is 26.1 Å². The standard InChI is InChI=1S/C12H22N2O2/c1-9-11(4-6-16-9)14-12(15)7-10-3-2-5-13-8-10/h9-11,13H,2-8H2,1H3,(H,14,15). The summed E-state index contributed by atoms with van der Waals surface area (Å²) in [5.74, 6) is 0.711. The lowest BCUT2D eigenvalue weighted by Gasteiger charge is -2.23. The van der Waals surface area contributed by atoms with Crippen molar-refractivity contribution in [3.63, 3.8) is 0 Å². The number of ether oxygens (including phenoxy) is 1. The molecule has 2 aliphatic heterocycles. The molecule has 3 unspecified atom stereocenters. The highest BCUT2D eigenvalue weighted by Crippen LogP contribution is 2.16. The van der Waals surface area contributed by atoms with Crippen LogP contribution in [0.5, 0.6) is 0 Å². The molecule has 0 aromatic heterocycles. The average Bonchev–Trinajstić information content (AvgIpc) is 2.66. The molecule has 0 bridgehead atoms. The Labute approximate surface area is 97.1 Å². The summed E-state index contributed by atoms with van der Waals surface area (Å²) in [6.07, 6.45) is 4.16. The molecule has 0 spiro atoms. The molecule has 1 amide bonds. The van der Waals surface area contributed by atoms with Gasteiger partial charge in [0.25, 0.3) is 0 Å². The van der Waals surface area contributed by atoms with E-state index < -0.39 is 0 Å². The van der Waals surface area contributed by atoms with Gasteiger partial charge in [-0.1, -0.05) is 0 Å². The Balaban J connectivity index is 1.70. The minimum absolute atomic E-state index is 0.174. The van der Waals surface area contributed by atoms with Crippen LogP contribution in [0.4, 0.5) is 0 Å². The highest BCUT2D eigenvalue weighted by atomic mass is 16.5. The molecule has 0 radical (unpaired) electrons. The van der Waals surface area contributed by atoms with Crippen molar-refractivity contribution in [3.05, 3.63) is 0 Å². The predicted molar refractivity (Wildman–Crippen MR) is 62.2 cm³/mol. The zero-order chi connectivity index (χ0) is 11.4. The van der Waals surface area contributed by atoms with E-state index in [-0.39, 0.29) is 18.1 Å². The van der Waals surface area contributed by atoms with Gasteiger partial charge >= 0.3 is 0 Å². The number of rotatable bonds is 3. The van der Waals surface area contributed by atoms with Gasteiger partial charge in [0.05, 0.1) is 12.1 Å². The van der Waals surface area contributed by atoms with Crippen LogP contribution in [0.25, 0.3) is 0 Å². The van der Waals surface area contributed by atoms with E-state index in [2.05, 4.69) is 10.6 Å². The average molecular weight is 226 g/mol. The predicted octanol–water partition coefficient (Wildman–Crippen LogP) is 0.670. The molecular formula is C12H22N2O2. The van der Waals surface area contributed by atoms with Crippen LogP contribution in [0.1, 0.15) is 32.6 Å². The first-order valence-corrected chi connectivity index (χ1v) is 6.37. The maximum atomic E-state index is 11.8. The van der Waals surface area contributed by atoms with Gasteiger partial charge in [-0.25, -0.2) is 0 Å². The molecule has 2 heterocycles. The van der Waals surface area contributed by atoms with Crippen molar-refractivity contribution in [2.24, 2.45) is 5.92 Å². The van der Waals surface area contributed by atoms with Gasteiger partial charge in [0.2, 0.25) is 5.91 Å². The van der Waals surface area contributed by atoms with Crippen LogP contribution in [-0.2, 0) is 9.53 Å². The second-order valence-corrected chi connectivity index (χ2v) is 4.96. The molecule has 3 atom stereocenters. The highest BCUT2D eigenvalue weighted by molar-refractivity contribution is 5.76. The molecule has 0 aromatic carbocycles. The van der Waals surface area contributed by atoms with Crippen LogP contribution in [-0.4, -0.2) is 37.7 Å². The summed E-state index contributed by atoms with van der Waals surface area (Å²) in [4.78, 5) is 11.8. The van der Waals surface area contributed by atoms with Gasteiger partial charge in [0.15, 0.2) is 0 Å². The van der Waals surface area contributed by atoms with Gasteiger partial charge in [-0.2, -0.15) is 0 Å². The van der Waals surface area contributed by atoms with E-state index in [9.17, 15) is 4.79 Å². The zero-order valence-corrected chi connectivity index (χ0v) is 10.00. The third kappa shape index (κ3) is 3.19. The zero-order valence-electron chi connectivity index (χ0n) is 10.00. The van der Waals surface area contributed by atoms with Gasteiger partial charge in [-0.15, -0.1) is 0 Å². The summed E-state index contributed by atoms with van der Waals surface area (Å²) in [6.45, 7) is 4.90. The molecule has 16 heavy (non-hydrogen) atoms. The summed E-state index contributed by atoms with van der Waals surface area (Å²) < 4.78 is 5.43. The van der Waals surface area contributed by atoms with Crippen LogP contribution in [0.2, 0.25) is 0 Å². The Hall–Kier alpha value is -0.610. The van der Waals surface area contributed by atoms with E-state index in [1.807, 2.05) is 6.92 Å². The van der Waals surface area contributed by atoms with Gasteiger partial charge in [0.1, 0.15) is 0 Å². The maximum absolute atomic E-state index is 11.8. The van der Waals surface area contributed by atoms with Gasteiger partial charge in [-0.3, -0.25) is 4.79 Å². The lowest BCUT2D eigenvalue weighted by atomic mass is 9.95. The van der Waals surface area contributed by atoms with Crippen molar-refractivity contribution in [2.75, 3.05) is 19.7 Å². The van der Waals surface area contributed by atoms with Crippen molar-refractivity contribution in [1.82, 2.24) is 10.6 Å². The van der Waals surface area contributed by atoms with Crippen LogP contribution in [0.3, 0.4) is 0 Å². The monoisotopic (exact) mass is 226 g/mol. The Kier molecular flexibility index (Phi) is 4.18. The second-order valence-electron chi connectivity index (χ2n) is 4.96. The molecule has 4 heteroatoms. The van der Waals surface area contributed by atoms with Crippen LogP contribution < -0.4 is 10.6 Å². The molecular weight excluding hydrogens is 204 g/mol. The fourth-order valence-corrected chi connectivity index (χ4v) is 2.55. The molecule has 4 nitrogen and oxygen atoms in total. The largest absolute Gasteiger partial charge is 0.376 e. The number of amides is 1. The molecule has 2 fully saturated rings. The number of nitrogens with one attached hydrogen (secondary N) is 2. The molecule has 2 aliphatic rings. The quantitative estimate of drug-likeness (QED) is 0.743. The number of carbonyl (C=O) groups excluding carboxylic acids is 1. The van der Waals surface area contributed by atoms with Crippen molar-refractivity contribution < 1.29 is 9.53 Å².